The molecule has 3 rings (SSSR count). The predicted molar refractivity (Wildman–Crippen MR) is 92.5 cm³/mol. The van der Waals surface area contributed by atoms with Crippen LogP contribution in [-0.4, -0.2) is 75.9 Å². The molecule has 5 nitrogen and oxygen atoms in total. The van der Waals surface area contributed by atoms with Gasteiger partial charge in [0.25, 0.3) is 0 Å². The topological polar surface area (TPSA) is 37.0 Å². The Labute approximate surface area is 139 Å². The molecule has 1 N–H and O–H groups in total. The van der Waals surface area contributed by atoms with Gasteiger partial charge in [-0.15, -0.1) is 0 Å². The number of para-hydroxylation sites is 1. The van der Waals surface area contributed by atoms with Crippen LogP contribution in [0.5, 0.6) is 11.5 Å². The minimum Gasteiger partial charge on any atom is -0.493 e. The number of likely N-dealkylation sites (N-methyl/N-ethyl adjacent to an activating group) is 1. The Kier molecular flexibility index (Phi) is 5.75. The second-order valence-electron chi connectivity index (χ2n) is 6.58. The van der Waals surface area contributed by atoms with Crippen LogP contribution < -0.4 is 14.8 Å². The first-order valence-corrected chi connectivity index (χ1v) is 8.70. The van der Waals surface area contributed by atoms with Gasteiger partial charge < -0.3 is 24.6 Å². The maximum absolute atomic E-state index is 6.21. The molecule has 0 amide bonds. The van der Waals surface area contributed by atoms with Crippen LogP contribution in [0.25, 0.3) is 0 Å². The van der Waals surface area contributed by atoms with Crippen molar-refractivity contribution in [2.75, 3.05) is 60.0 Å². The van der Waals surface area contributed by atoms with Crippen molar-refractivity contribution < 1.29 is 9.47 Å². The fourth-order valence-corrected chi connectivity index (χ4v) is 3.47. The van der Waals surface area contributed by atoms with E-state index in [-0.39, 0.29) is 6.10 Å². The average Bonchev–Trinajstić information content (AvgIpc) is 2.99. The number of hydrogen-bond donors (Lipinski definition) is 1. The predicted octanol–water partition coefficient (Wildman–Crippen LogP) is 1.23. The Morgan fingerprint density at radius 1 is 1.22 bits per heavy atom. The monoisotopic (exact) mass is 319 g/mol. The number of nitrogens with one attached hydrogen (secondary N) is 1. The van der Waals surface area contributed by atoms with Crippen LogP contribution in [0.15, 0.2) is 18.2 Å². The molecule has 0 saturated carbocycles. The number of hydrogen-bond acceptors (Lipinski definition) is 5. The van der Waals surface area contributed by atoms with Crippen LogP contribution in [0.3, 0.4) is 0 Å². The van der Waals surface area contributed by atoms with Gasteiger partial charge in [-0.05, 0) is 31.5 Å². The van der Waals surface area contributed by atoms with Crippen molar-refractivity contribution in [1.82, 2.24) is 15.1 Å². The minimum absolute atomic E-state index is 0.275. The van der Waals surface area contributed by atoms with Crippen molar-refractivity contribution in [3.05, 3.63) is 23.8 Å². The Morgan fingerprint density at radius 2 is 2.04 bits per heavy atom. The zero-order chi connectivity index (χ0) is 16.1. The fourth-order valence-electron chi connectivity index (χ4n) is 3.47. The van der Waals surface area contributed by atoms with E-state index in [2.05, 4.69) is 34.3 Å². The first kappa shape index (κ1) is 16.6. The first-order valence-electron chi connectivity index (χ1n) is 8.70. The van der Waals surface area contributed by atoms with E-state index in [4.69, 9.17) is 9.47 Å². The van der Waals surface area contributed by atoms with E-state index < -0.39 is 0 Å². The smallest absolute Gasteiger partial charge is 0.163 e. The molecule has 1 aromatic carbocycles. The first-order chi connectivity index (χ1) is 11.3. The second-order valence-corrected chi connectivity index (χ2v) is 6.58. The van der Waals surface area contributed by atoms with Crippen molar-refractivity contribution in [1.29, 1.82) is 0 Å². The van der Waals surface area contributed by atoms with Crippen molar-refractivity contribution in [3.63, 3.8) is 0 Å². The van der Waals surface area contributed by atoms with Gasteiger partial charge in [-0.3, -0.25) is 0 Å². The summed E-state index contributed by atoms with van der Waals surface area (Å²) < 4.78 is 11.9. The highest BCUT2D eigenvalue weighted by Crippen LogP contribution is 2.33. The molecule has 2 heterocycles. The van der Waals surface area contributed by atoms with E-state index >= 15 is 0 Å². The molecule has 0 spiro atoms. The highest BCUT2D eigenvalue weighted by Gasteiger charge is 2.23. The highest BCUT2D eigenvalue weighted by atomic mass is 16.5. The fraction of sp³-hybridized carbons (Fsp3) is 0.667. The molecule has 128 valence electrons. The summed E-state index contributed by atoms with van der Waals surface area (Å²) >= 11 is 0. The molecule has 5 heteroatoms. The van der Waals surface area contributed by atoms with Gasteiger partial charge in [0.2, 0.25) is 0 Å². The average molecular weight is 319 g/mol. The van der Waals surface area contributed by atoms with Gasteiger partial charge in [0.05, 0.1) is 7.11 Å². The molecule has 0 aliphatic carbocycles. The number of ether oxygens (including phenoxy) is 2. The zero-order valence-corrected chi connectivity index (χ0v) is 14.4. The second kappa shape index (κ2) is 7.99. The summed E-state index contributed by atoms with van der Waals surface area (Å²) in [5.74, 6) is 1.81. The lowest BCUT2D eigenvalue weighted by Gasteiger charge is -2.27. The number of benzene rings is 1. The molecule has 2 saturated heterocycles. The summed E-state index contributed by atoms with van der Waals surface area (Å²) in [5.41, 5.74) is 1.25. The van der Waals surface area contributed by atoms with Gasteiger partial charge >= 0.3 is 0 Å². The van der Waals surface area contributed by atoms with Crippen LogP contribution in [-0.2, 0) is 6.42 Å². The molecule has 2 aliphatic rings. The van der Waals surface area contributed by atoms with E-state index in [1.807, 2.05) is 6.07 Å². The summed E-state index contributed by atoms with van der Waals surface area (Å²) in [7, 11) is 3.89. The van der Waals surface area contributed by atoms with Gasteiger partial charge in [0, 0.05) is 45.8 Å². The van der Waals surface area contributed by atoms with Crippen molar-refractivity contribution in [2.45, 2.75) is 18.9 Å². The van der Waals surface area contributed by atoms with E-state index in [1.54, 1.807) is 7.11 Å². The maximum atomic E-state index is 6.21. The third-order valence-corrected chi connectivity index (χ3v) is 4.81. The molecular weight excluding hydrogens is 290 g/mol. The van der Waals surface area contributed by atoms with Gasteiger partial charge in [-0.1, -0.05) is 12.1 Å². The van der Waals surface area contributed by atoms with E-state index in [0.717, 1.165) is 70.2 Å². The minimum atomic E-state index is 0.275. The molecule has 1 unspecified atom stereocenters. The Hall–Kier alpha value is -1.30. The van der Waals surface area contributed by atoms with Gasteiger partial charge in [-0.25, -0.2) is 0 Å². The summed E-state index contributed by atoms with van der Waals surface area (Å²) in [5, 5.41) is 3.40. The third-order valence-electron chi connectivity index (χ3n) is 4.81. The van der Waals surface area contributed by atoms with E-state index in [1.165, 1.54) is 5.56 Å². The van der Waals surface area contributed by atoms with Crippen LogP contribution >= 0.6 is 0 Å². The summed E-state index contributed by atoms with van der Waals surface area (Å²) in [6.07, 6.45) is 2.37. The highest BCUT2D eigenvalue weighted by molar-refractivity contribution is 5.47. The number of likely N-dealkylation sites (tertiary alicyclic amines) is 1. The van der Waals surface area contributed by atoms with Crippen LogP contribution in [0, 0.1) is 0 Å². The van der Waals surface area contributed by atoms with E-state index in [9.17, 15) is 0 Å². The Bertz CT molecular complexity index is 503. The molecule has 2 fully saturated rings. The quantitative estimate of drug-likeness (QED) is 0.853. The summed E-state index contributed by atoms with van der Waals surface area (Å²) in [6, 6.07) is 6.28. The van der Waals surface area contributed by atoms with Crippen LogP contribution in [0.4, 0.5) is 0 Å². The number of nitrogens with zero attached hydrogens (tertiary/aromatic N) is 2. The molecule has 23 heavy (non-hydrogen) atoms. The normalized spacial score (nSPS) is 23.1. The molecule has 0 radical (unpaired) electrons. The number of methoxy groups -OCH3 is 1. The van der Waals surface area contributed by atoms with Gasteiger partial charge in [0.15, 0.2) is 11.5 Å². The SMILES string of the molecule is COc1c(CCN2CCNCC2)cccc1OC1CCN(C)C1. The molecule has 1 atom stereocenters. The lowest BCUT2D eigenvalue weighted by molar-refractivity contribution is 0.198. The molecular formula is C18H29N3O2. The Balaban J connectivity index is 1.64. The number of rotatable bonds is 6. The third kappa shape index (κ3) is 4.37. The Morgan fingerprint density at radius 3 is 2.74 bits per heavy atom. The van der Waals surface area contributed by atoms with Crippen molar-refractivity contribution >= 4 is 0 Å². The molecule has 1 aromatic rings. The van der Waals surface area contributed by atoms with Crippen molar-refractivity contribution in [2.24, 2.45) is 0 Å². The lowest BCUT2D eigenvalue weighted by Crippen LogP contribution is -2.44. The molecule has 0 aromatic heterocycles. The summed E-state index contributed by atoms with van der Waals surface area (Å²) in [6.45, 7) is 7.63. The largest absolute Gasteiger partial charge is 0.493 e. The van der Waals surface area contributed by atoms with E-state index in [0.29, 0.717) is 0 Å². The van der Waals surface area contributed by atoms with Crippen LogP contribution in [0.2, 0.25) is 0 Å². The maximum Gasteiger partial charge on any atom is 0.163 e. The summed E-state index contributed by atoms with van der Waals surface area (Å²) in [4.78, 5) is 4.82. The van der Waals surface area contributed by atoms with Crippen molar-refractivity contribution in [3.8, 4) is 11.5 Å². The zero-order valence-electron chi connectivity index (χ0n) is 14.4. The number of piperazine rings is 1. The molecule has 0 bridgehead atoms. The van der Waals surface area contributed by atoms with Gasteiger partial charge in [-0.2, -0.15) is 0 Å². The molecule has 2 aliphatic heterocycles. The standard InChI is InChI=1S/C18H29N3O2/c1-20-10-7-16(14-20)23-17-5-3-4-15(18(17)22-2)6-11-21-12-8-19-9-13-21/h3-5,16,19H,6-14H2,1-2H3. The lowest BCUT2D eigenvalue weighted by atomic mass is 10.1. The van der Waals surface area contributed by atoms with Crippen LogP contribution in [0.1, 0.15) is 12.0 Å². The van der Waals surface area contributed by atoms with Gasteiger partial charge in [0.1, 0.15) is 6.10 Å².